The molecule has 1 saturated heterocycles. The fourth-order valence-electron chi connectivity index (χ4n) is 4.16. The smallest absolute Gasteiger partial charge is 0.254 e. The zero-order chi connectivity index (χ0) is 21.4. The number of rotatable bonds is 4. The van der Waals surface area contributed by atoms with Crippen molar-refractivity contribution in [2.75, 3.05) is 20.2 Å². The number of aromatic nitrogens is 3. The highest BCUT2D eigenvalue weighted by molar-refractivity contribution is 5.94. The van der Waals surface area contributed by atoms with Crippen LogP contribution in [-0.2, 0) is 0 Å². The van der Waals surface area contributed by atoms with Crippen molar-refractivity contribution in [3.05, 3.63) is 78.2 Å². The molecule has 4 aromatic rings. The minimum atomic E-state index is -0.409. The zero-order valence-corrected chi connectivity index (χ0v) is 17.0. The average Bonchev–Trinajstić information content (AvgIpc) is 3.43. The van der Waals surface area contributed by atoms with Crippen LogP contribution in [0.3, 0.4) is 0 Å². The number of carbonyl (C=O) groups excluding carboxylic acids is 1. The molecule has 31 heavy (non-hydrogen) atoms. The van der Waals surface area contributed by atoms with Crippen LogP contribution in [0.25, 0.3) is 22.6 Å². The average molecular weight is 416 g/mol. The molecule has 1 fully saturated rings. The zero-order valence-electron chi connectivity index (χ0n) is 17.0. The maximum absolute atomic E-state index is 13.6. The van der Waals surface area contributed by atoms with Crippen LogP contribution in [0, 0.1) is 5.82 Å². The van der Waals surface area contributed by atoms with E-state index < -0.39 is 5.82 Å². The highest BCUT2D eigenvalue weighted by Crippen LogP contribution is 2.33. The van der Waals surface area contributed by atoms with Crippen molar-refractivity contribution in [2.24, 2.45) is 0 Å². The molecular weight excluding hydrogens is 395 g/mol. The standard InChI is InChI=1S/C24H21FN4O2/c1-31-20-9-7-16(8-10-20)22-27-21-6-3-12-26-23(21)29(22)19-11-13-28(15-19)24(30)17-4-2-5-18(25)14-17/h2-10,12,14,19H,11,13,15H2,1H3. The number of carbonyl (C=O) groups is 1. The first kappa shape index (κ1) is 19.2. The molecule has 1 amide bonds. The molecule has 0 aliphatic carbocycles. The number of methoxy groups -OCH3 is 1. The van der Waals surface area contributed by atoms with Crippen LogP contribution in [0.4, 0.5) is 4.39 Å². The Hall–Kier alpha value is -3.74. The summed E-state index contributed by atoms with van der Waals surface area (Å²) in [6.45, 7) is 1.11. The van der Waals surface area contributed by atoms with E-state index in [1.807, 2.05) is 36.4 Å². The van der Waals surface area contributed by atoms with Gasteiger partial charge in [-0.05, 0) is 61.0 Å². The number of fused-ring (bicyclic) bond motifs is 1. The molecule has 0 spiro atoms. The third-order valence-electron chi connectivity index (χ3n) is 5.68. The Morgan fingerprint density at radius 2 is 1.97 bits per heavy atom. The molecule has 1 aliphatic heterocycles. The van der Waals surface area contributed by atoms with Crippen molar-refractivity contribution in [2.45, 2.75) is 12.5 Å². The Morgan fingerprint density at radius 1 is 1.13 bits per heavy atom. The number of ether oxygens (including phenoxy) is 1. The number of pyridine rings is 1. The molecule has 2 aromatic heterocycles. The van der Waals surface area contributed by atoms with E-state index in [1.54, 1.807) is 30.3 Å². The SMILES string of the molecule is COc1ccc(-c2nc3cccnc3n2C2CCN(C(=O)c3cccc(F)c3)C2)cc1. The predicted octanol–water partition coefficient (Wildman–Crippen LogP) is 4.33. The van der Waals surface area contributed by atoms with E-state index in [2.05, 4.69) is 9.55 Å². The molecule has 1 aliphatic rings. The molecule has 1 atom stereocenters. The number of imidazole rings is 1. The van der Waals surface area contributed by atoms with Gasteiger partial charge in [0, 0.05) is 30.4 Å². The largest absolute Gasteiger partial charge is 0.497 e. The fraction of sp³-hybridized carbons (Fsp3) is 0.208. The summed E-state index contributed by atoms with van der Waals surface area (Å²) in [4.78, 5) is 24.1. The van der Waals surface area contributed by atoms with Crippen molar-refractivity contribution >= 4 is 17.1 Å². The first-order chi connectivity index (χ1) is 15.1. The highest BCUT2D eigenvalue weighted by Gasteiger charge is 2.31. The summed E-state index contributed by atoms with van der Waals surface area (Å²) in [6, 6.07) is 17.4. The lowest BCUT2D eigenvalue weighted by atomic mass is 10.1. The van der Waals surface area contributed by atoms with Crippen molar-refractivity contribution in [1.29, 1.82) is 0 Å². The van der Waals surface area contributed by atoms with Crippen molar-refractivity contribution in [3.63, 3.8) is 0 Å². The van der Waals surface area contributed by atoms with E-state index in [-0.39, 0.29) is 11.9 Å². The van der Waals surface area contributed by atoms with Crippen LogP contribution in [0.2, 0.25) is 0 Å². The van der Waals surface area contributed by atoms with E-state index in [4.69, 9.17) is 9.72 Å². The lowest BCUT2D eigenvalue weighted by molar-refractivity contribution is 0.0787. The Morgan fingerprint density at radius 3 is 2.74 bits per heavy atom. The number of nitrogens with zero attached hydrogens (tertiary/aromatic N) is 4. The Kier molecular flexibility index (Phi) is 4.86. The van der Waals surface area contributed by atoms with E-state index >= 15 is 0 Å². The first-order valence-electron chi connectivity index (χ1n) is 10.2. The molecular formula is C24H21FN4O2. The summed E-state index contributed by atoms with van der Waals surface area (Å²) in [6.07, 6.45) is 2.52. The van der Waals surface area contributed by atoms with Gasteiger partial charge in [-0.25, -0.2) is 14.4 Å². The summed E-state index contributed by atoms with van der Waals surface area (Å²) in [5.74, 6) is 1.01. The van der Waals surface area contributed by atoms with Crippen LogP contribution in [0.1, 0.15) is 22.8 Å². The summed E-state index contributed by atoms with van der Waals surface area (Å²) in [7, 11) is 1.64. The number of benzene rings is 2. The van der Waals surface area contributed by atoms with Gasteiger partial charge in [0.1, 0.15) is 22.9 Å². The number of hydrogen-bond donors (Lipinski definition) is 0. The van der Waals surface area contributed by atoms with Gasteiger partial charge in [0.2, 0.25) is 0 Å². The molecule has 2 aromatic carbocycles. The van der Waals surface area contributed by atoms with Crippen molar-refractivity contribution in [3.8, 4) is 17.1 Å². The van der Waals surface area contributed by atoms with Crippen LogP contribution < -0.4 is 4.74 Å². The van der Waals surface area contributed by atoms with Crippen LogP contribution >= 0.6 is 0 Å². The summed E-state index contributed by atoms with van der Waals surface area (Å²) in [5, 5.41) is 0. The van der Waals surface area contributed by atoms with Gasteiger partial charge in [0.05, 0.1) is 13.2 Å². The summed E-state index contributed by atoms with van der Waals surface area (Å²) < 4.78 is 21.0. The van der Waals surface area contributed by atoms with E-state index in [9.17, 15) is 9.18 Å². The molecule has 3 heterocycles. The Labute approximate surface area is 178 Å². The van der Waals surface area contributed by atoms with Gasteiger partial charge in [-0.15, -0.1) is 0 Å². The third-order valence-corrected chi connectivity index (χ3v) is 5.68. The molecule has 5 rings (SSSR count). The lowest BCUT2D eigenvalue weighted by Crippen LogP contribution is -2.29. The number of hydrogen-bond acceptors (Lipinski definition) is 4. The van der Waals surface area contributed by atoms with Gasteiger partial charge in [-0.3, -0.25) is 4.79 Å². The maximum Gasteiger partial charge on any atom is 0.254 e. The normalized spacial score (nSPS) is 16.1. The Bertz CT molecular complexity index is 1250. The highest BCUT2D eigenvalue weighted by atomic mass is 19.1. The first-order valence-corrected chi connectivity index (χ1v) is 10.2. The predicted molar refractivity (Wildman–Crippen MR) is 115 cm³/mol. The molecule has 0 N–H and O–H groups in total. The van der Waals surface area contributed by atoms with Crippen LogP contribution in [0.5, 0.6) is 5.75 Å². The van der Waals surface area contributed by atoms with Gasteiger partial charge >= 0.3 is 0 Å². The molecule has 0 bridgehead atoms. The van der Waals surface area contributed by atoms with Gasteiger partial charge in [-0.2, -0.15) is 0 Å². The van der Waals surface area contributed by atoms with Crippen molar-refractivity contribution < 1.29 is 13.9 Å². The molecule has 0 radical (unpaired) electrons. The molecule has 7 heteroatoms. The minimum absolute atomic E-state index is 0.0227. The van der Waals surface area contributed by atoms with Crippen LogP contribution in [0.15, 0.2) is 66.9 Å². The van der Waals surface area contributed by atoms with Gasteiger partial charge in [0.25, 0.3) is 5.91 Å². The minimum Gasteiger partial charge on any atom is -0.497 e. The monoisotopic (exact) mass is 416 g/mol. The van der Waals surface area contributed by atoms with E-state index in [0.717, 1.165) is 34.7 Å². The topological polar surface area (TPSA) is 60.3 Å². The molecule has 1 unspecified atom stereocenters. The third kappa shape index (κ3) is 3.52. The molecule has 6 nitrogen and oxygen atoms in total. The second-order valence-corrected chi connectivity index (χ2v) is 7.58. The van der Waals surface area contributed by atoms with Gasteiger partial charge in [0.15, 0.2) is 5.65 Å². The van der Waals surface area contributed by atoms with Crippen molar-refractivity contribution in [1.82, 2.24) is 19.4 Å². The van der Waals surface area contributed by atoms with E-state index in [1.165, 1.54) is 12.1 Å². The Balaban J connectivity index is 1.50. The fourth-order valence-corrected chi connectivity index (χ4v) is 4.16. The maximum atomic E-state index is 13.6. The number of halogens is 1. The number of likely N-dealkylation sites (tertiary alicyclic amines) is 1. The van der Waals surface area contributed by atoms with Gasteiger partial charge in [-0.1, -0.05) is 6.07 Å². The van der Waals surface area contributed by atoms with E-state index in [0.29, 0.717) is 18.7 Å². The number of amides is 1. The van der Waals surface area contributed by atoms with Crippen LogP contribution in [-0.4, -0.2) is 45.5 Å². The summed E-state index contributed by atoms with van der Waals surface area (Å²) in [5.41, 5.74) is 2.92. The quantitative estimate of drug-likeness (QED) is 0.497. The second-order valence-electron chi connectivity index (χ2n) is 7.58. The molecule has 0 saturated carbocycles. The molecule has 156 valence electrons. The van der Waals surface area contributed by atoms with Gasteiger partial charge < -0.3 is 14.2 Å². The summed E-state index contributed by atoms with van der Waals surface area (Å²) >= 11 is 0. The second kappa shape index (κ2) is 7.83. The lowest BCUT2D eigenvalue weighted by Gasteiger charge is -2.19.